The van der Waals surface area contributed by atoms with E-state index in [1.165, 1.54) is 13.2 Å². The Morgan fingerprint density at radius 2 is 1.81 bits per heavy atom. The lowest BCUT2D eigenvalue weighted by atomic mass is 9.81. The van der Waals surface area contributed by atoms with E-state index in [4.69, 9.17) is 4.74 Å². The van der Waals surface area contributed by atoms with Crippen molar-refractivity contribution >= 4 is 5.97 Å². The Morgan fingerprint density at radius 3 is 2.33 bits per heavy atom. The Kier molecular flexibility index (Phi) is 6.58. The Bertz CT molecular complexity index is 680. The van der Waals surface area contributed by atoms with E-state index in [-0.39, 0.29) is 18.7 Å². The summed E-state index contributed by atoms with van der Waals surface area (Å²) < 4.78 is 46.4. The van der Waals surface area contributed by atoms with E-state index in [1.54, 1.807) is 31.7 Å². The highest BCUT2D eigenvalue weighted by atomic mass is 19.4. The largest absolute Gasteiger partial charge is 0.480 e. The van der Waals surface area contributed by atoms with Gasteiger partial charge in [-0.15, -0.1) is 0 Å². The van der Waals surface area contributed by atoms with Gasteiger partial charge in [-0.05, 0) is 47.6 Å². The van der Waals surface area contributed by atoms with Crippen molar-refractivity contribution in [3.63, 3.8) is 0 Å². The number of benzene rings is 1. The van der Waals surface area contributed by atoms with Gasteiger partial charge in [-0.25, -0.2) is 0 Å². The number of halogens is 3. The first-order valence-electron chi connectivity index (χ1n) is 9.14. The number of rotatable bonds is 5. The van der Waals surface area contributed by atoms with E-state index in [9.17, 15) is 23.1 Å². The van der Waals surface area contributed by atoms with Crippen molar-refractivity contribution in [2.75, 3.05) is 13.7 Å². The fraction of sp³-hybridized carbons (Fsp3) is 0.650. The average Bonchev–Trinajstić information content (AvgIpc) is 2.54. The molecule has 0 aromatic heterocycles. The second-order valence-electron chi connectivity index (χ2n) is 8.17. The van der Waals surface area contributed by atoms with Crippen LogP contribution in [0.5, 0.6) is 0 Å². The van der Waals surface area contributed by atoms with Crippen molar-refractivity contribution < 1.29 is 27.8 Å². The van der Waals surface area contributed by atoms with Crippen LogP contribution in [0.3, 0.4) is 0 Å². The molecule has 1 aliphatic rings. The fourth-order valence-corrected chi connectivity index (χ4v) is 3.66. The molecule has 1 atom stereocenters. The topological polar surface area (TPSA) is 49.8 Å². The van der Waals surface area contributed by atoms with Crippen LogP contribution >= 0.6 is 0 Å². The molecule has 1 N–H and O–H groups in total. The van der Waals surface area contributed by atoms with Crippen LogP contribution in [0.4, 0.5) is 13.2 Å². The van der Waals surface area contributed by atoms with Gasteiger partial charge >= 0.3 is 12.1 Å². The number of aliphatic carboxylic acids is 1. The third-order valence-electron chi connectivity index (χ3n) is 5.03. The second-order valence-corrected chi connectivity index (χ2v) is 8.17. The van der Waals surface area contributed by atoms with Crippen LogP contribution in [0, 0.1) is 0 Å². The van der Waals surface area contributed by atoms with Gasteiger partial charge in [0.05, 0.1) is 12.2 Å². The Morgan fingerprint density at radius 1 is 1.19 bits per heavy atom. The first-order chi connectivity index (χ1) is 12.4. The molecular formula is C20H28F3NO3. The molecule has 4 nitrogen and oxygen atoms in total. The molecule has 1 fully saturated rings. The number of ether oxygens (including phenoxy) is 1. The number of hydrogen-bond donors (Lipinski definition) is 1. The van der Waals surface area contributed by atoms with Crippen LogP contribution < -0.4 is 0 Å². The zero-order chi connectivity index (χ0) is 20.4. The van der Waals surface area contributed by atoms with Gasteiger partial charge in [0, 0.05) is 13.7 Å². The molecule has 152 valence electrons. The van der Waals surface area contributed by atoms with Gasteiger partial charge in [0.1, 0.15) is 6.04 Å². The van der Waals surface area contributed by atoms with Crippen LogP contribution in [-0.2, 0) is 34.3 Å². The van der Waals surface area contributed by atoms with Crippen molar-refractivity contribution in [1.82, 2.24) is 4.90 Å². The van der Waals surface area contributed by atoms with Gasteiger partial charge < -0.3 is 9.84 Å². The number of carbonyl (C=O) groups is 1. The van der Waals surface area contributed by atoms with E-state index in [1.807, 2.05) is 0 Å². The third kappa shape index (κ3) is 5.23. The van der Waals surface area contributed by atoms with Crippen LogP contribution in [-0.4, -0.2) is 35.7 Å². The summed E-state index contributed by atoms with van der Waals surface area (Å²) in [4.78, 5) is 13.3. The van der Waals surface area contributed by atoms with Crippen molar-refractivity contribution in [2.45, 2.75) is 70.8 Å². The van der Waals surface area contributed by atoms with E-state index < -0.39 is 29.2 Å². The Labute approximate surface area is 158 Å². The molecule has 0 amide bonds. The number of carboxylic acid groups (broad SMARTS) is 1. The molecule has 1 aromatic rings. The minimum absolute atomic E-state index is 0.170. The van der Waals surface area contributed by atoms with E-state index in [2.05, 4.69) is 0 Å². The quantitative estimate of drug-likeness (QED) is 0.803. The lowest BCUT2D eigenvalue weighted by Gasteiger charge is -2.34. The highest BCUT2D eigenvalue weighted by Gasteiger charge is 2.38. The molecule has 0 radical (unpaired) electrons. The standard InChI is InChI=1S/C20H28F3NO3/c1-19(2,3)15-10-14(12-27-4)13(9-16(15)20(21,22)23)11-24-8-6-5-7-17(24)18(25)26/h9-10,17H,5-8,11-12H2,1-4H3,(H,25,26)/t17-/m0/s1. The van der Waals surface area contributed by atoms with Crippen LogP contribution in [0.1, 0.15) is 62.3 Å². The first kappa shape index (κ1) is 21.7. The highest BCUT2D eigenvalue weighted by Crippen LogP contribution is 2.39. The predicted octanol–water partition coefficient (Wildman–Crippen LogP) is 4.59. The number of piperidine rings is 1. The normalized spacial score (nSPS) is 19.3. The molecule has 0 saturated carbocycles. The van der Waals surface area contributed by atoms with E-state index >= 15 is 0 Å². The van der Waals surface area contributed by atoms with Crippen molar-refractivity contribution in [1.29, 1.82) is 0 Å². The Hall–Kier alpha value is -1.60. The van der Waals surface area contributed by atoms with Crippen molar-refractivity contribution in [3.8, 4) is 0 Å². The molecule has 0 spiro atoms. The van der Waals surface area contributed by atoms with Crippen LogP contribution in [0.2, 0.25) is 0 Å². The second kappa shape index (κ2) is 8.19. The minimum Gasteiger partial charge on any atom is -0.480 e. The maximum Gasteiger partial charge on any atom is 0.416 e. The fourth-order valence-electron chi connectivity index (χ4n) is 3.66. The molecular weight excluding hydrogens is 359 g/mol. The lowest BCUT2D eigenvalue weighted by Crippen LogP contribution is -2.44. The SMILES string of the molecule is COCc1cc(C(C)(C)C)c(C(F)(F)F)cc1CN1CCCC[C@H]1C(=O)O. The van der Waals surface area contributed by atoms with Crippen LogP contribution in [0.15, 0.2) is 12.1 Å². The molecule has 2 rings (SSSR count). The van der Waals surface area contributed by atoms with Gasteiger partial charge in [0.15, 0.2) is 0 Å². The first-order valence-corrected chi connectivity index (χ1v) is 9.14. The summed E-state index contributed by atoms with van der Waals surface area (Å²) in [5, 5.41) is 9.45. The van der Waals surface area contributed by atoms with Gasteiger partial charge in [0.2, 0.25) is 0 Å². The highest BCUT2D eigenvalue weighted by molar-refractivity contribution is 5.73. The van der Waals surface area contributed by atoms with Crippen molar-refractivity contribution in [2.24, 2.45) is 0 Å². The van der Waals surface area contributed by atoms with Gasteiger partial charge in [-0.3, -0.25) is 9.69 Å². The van der Waals surface area contributed by atoms with Crippen molar-refractivity contribution in [3.05, 3.63) is 34.4 Å². The predicted molar refractivity (Wildman–Crippen MR) is 96.5 cm³/mol. The van der Waals surface area contributed by atoms with Gasteiger partial charge in [0.25, 0.3) is 0 Å². The molecule has 1 heterocycles. The molecule has 0 bridgehead atoms. The number of hydrogen-bond acceptors (Lipinski definition) is 3. The summed E-state index contributed by atoms with van der Waals surface area (Å²) in [7, 11) is 1.50. The molecule has 1 saturated heterocycles. The maximum atomic E-state index is 13.7. The van der Waals surface area contributed by atoms with Crippen LogP contribution in [0.25, 0.3) is 0 Å². The number of alkyl halides is 3. The number of carboxylic acids is 1. The van der Waals surface area contributed by atoms with Gasteiger partial charge in [-0.2, -0.15) is 13.2 Å². The molecule has 27 heavy (non-hydrogen) atoms. The summed E-state index contributed by atoms with van der Waals surface area (Å²) in [6, 6.07) is 2.09. The summed E-state index contributed by atoms with van der Waals surface area (Å²) >= 11 is 0. The monoisotopic (exact) mass is 387 g/mol. The zero-order valence-corrected chi connectivity index (χ0v) is 16.3. The van der Waals surface area contributed by atoms with E-state index in [0.717, 1.165) is 12.8 Å². The molecule has 7 heteroatoms. The molecule has 0 unspecified atom stereocenters. The zero-order valence-electron chi connectivity index (χ0n) is 16.3. The summed E-state index contributed by atoms with van der Waals surface area (Å²) in [5.74, 6) is -0.926. The van der Waals surface area contributed by atoms with E-state index in [0.29, 0.717) is 24.1 Å². The Balaban J connectivity index is 2.52. The molecule has 1 aliphatic heterocycles. The van der Waals surface area contributed by atoms with Gasteiger partial charge in [-0.1, -0.05) is 33.3 Å². The minimum atomic E-state index is -4.48. The smallest absolute Gasteiger partial charge is 0.416 e. The third-order valence-corrected chi connectivity index (χ3v) is 5.03. The molecule has 0 aliphatic carbocycles. The number of methoxy groups -OCH3 is 1. The maximum absolute atomic E-state index is 13.7. The number of likely N-dealkylation sites (tertiary alicyclic amines) is 1. The molecule has 1 aromatic carbocycles. The lowest BCUT2D eigenvalue weighted by molar-refractivity contribution is -0.145. The average molecular weight is 387 g/mol. The summed E-state index contributed by atoms with van der Waals surface area (Å²) in [6.45, 7) is 6.16. The summed E-state index contributed by atoms with van der Waals surface area (Å²) in [5.41, 5.74) is 0.0315. The number of nitrogens with zero attached hydrogens (tertiary/aromatic N) is 1. The summed E-state index contributed by atoms with van der Waals surface area (Å²) in [6.07, 6.45) is -2.30.